The minimum atomic E-state index is -3.68. The van der Waals surface area contributed by atoms with Crippen molar-refractivity contribution >= 4 is 49.4 Å². The number of thioether (sulfide) groups is 1. The quantitative estimate of drug-likeness (QED) is 0.611. The Morgan fingerprint density at radius 2 is 2.10 bits per heavy atom. The fourth-order valence-electron chi connectivity index (χ4n) is 1.42. The van der Waals surface area contributed by atoms with Crippen molar-refractivity contribution in [3.8, 4) is 0 Å². The van der Waals surface area contributed by atoms with E-state index in [1.807, 2.05) is 0 Å². The van der Waals surface area contributed by atoms with Crippen LogP contribution in [0.3, 0.4) is 0 Å². The van der Waals surface area contributed by atoms with Gasteiger partial charge in [-0.2, -0.15) is 0 Å². The largest absolute Gasteiger partial charge is 0.297 e. The molecule has 0 saturated carbocycles. The summed E-state index contributed by atoms with van der Waals surface area (Å²) in [5.74, 6) is 0.518. The number of amides is 1. The van der Waals surface area contributed by atoms with Crippen LogP contribution in [0.15, 0.2) is 39.6 Å². The Kier molecular flexibility index (Phi) is 5.44. The summed E-state index contributed by atoms with van der Waals surface area (Å²) in [7, 11) is 1.58. The molecule has 0 bridgehead atoms. The molecular formula is C11H12ClN3O3S3. The number of hydrazine groups is 2. The summed E-state index contributed by atoms with van der Waals surface area (Å²) in [6.45, 7) is 1.43. The topological polar surface area (TPSA) is 78.5 Å². The van der Waals surface area contributed by atoms with Gasteiger partial charge in [-0.1, -0.05) is 16.7 Å². The number of rotatable bonds is 5. The Morgan fingerprint density at radius 1 is 1.43 bits per heavy atom. The summed E-state index contributed by atoms with van der Waals surface area (Å²) in [4.78, 5) is 11.0. The lowest BCUT2D eigenvalue weighted by molar-refractivity contribution is -0.122. The van der Waals surface area contributed by atoms with Crippen molar-refractivity contribution in [2.45, 2.75) is 17.6 Å². The first-order valence-electron chi connectivity index (χ1n) is 5.72. The van der Waals surface area contributed by atoms with Gasteiger partial charge in [0.05, 0.1) is 9.13 Å². The van der Waals surface area contributed by atoms with E-state index in [-0.39, 0.29) is 10.8 Å². The van der Waals surface area contributed by atoms with Gasteiger partial charge in [0.25, 0.3) is 9.05 Å². The number of benzene rings is 1. The molecule has 10 heteroatoms. The van der Waals surface area contributed by atoms with Crippen LogP contribution >= 0.6 is 34.4 Å². The third-order valence-corrected chi connectivity index (χ3v) is 5.83. The Bertz CT molecular complexity index is 661. The molecule has 0 atom stereocenters. The molecule has 0 unspecified atom stereocenters. The van der Waals surface area contributed by atoms with Gasteiger partial charge in [-0.25, -0.2) is 8.42 Å². The van der Waals surface area contributed by atoms with Crippen LogP contribution < -0.4 is 10.9 Å². The number of carbonyl (C=O) groups is 1. The van der Waals surface area contributed by atoms with Crippen LogP contribution in [0.1, 0.15) is 12.5 Å². The molecule has 0 saturated heterocycles. The molecule has 1 amide bonds. The van der Waals surface area contributed by atoms with Gasteiger partial charge in [0, 0.05) is 41.5 Å². The van der Waals surface area contributed by atoms with E-state index in [4.69, 9.17) is 10.7 Å². The van der Waals surface area contributed by atoms with Gasteiger partial charge in [-0.3, -0.25) is 15.6 Å². The first kappa shape index (κ1) is 16.5. The van der Waals surface area contributed by atoms with Crippen molar-refractivity contribution in [3.05, 3.63) is 40.3 Å². The summed E-state index contributed by atoms with van der Waals surface area (Å²) >= 11 is 2.93. The minimum Gasteiger partial charge on any atom is -0.297 e. The summed E-state index contributed by atoms with van der Waals surface area (Å²) in [6.07, 6.45) is 1.78. The van der Waals surface area contributed by atoms with E-state index in [2.05, 4.69) is 10.9 Å². The van der Waals surface area contributed by atoms with E-state index < -0.39 is 9.05 Å². The number of hydrogen-bond donors (Lipinski definition) is 2. The SMILES string of the molecule is CC(=O)NN1NC=C(SCc2ccc(S(=O)(=O)Cl)cc2)S1. The van der Waals surface area contributed by atoms with Gasteiger partial charge in [-0.15, -0.1) is 11.8 Å². The molecule has 0 aliphatic carbocycles. The highest BCUT2D eigenvalue weighted by Crippen LogP contribution is 2.34. The molecule has 21 heavy (non-hydrogen) atoms. The summed E-state index contributed by atoms with van der Waals surface area (Å²) in [5.41, 5.74) is 6.46. The van der Waals surface area contributed by atoms with Gasteiger partial charge in [0.15, 0.2) is 0 Å². The molecule has 2 N–H and O–H groups in total. The maximum atomic E-state index is 11.1. The van der Waals surface area contributed by atoms with Crippen LogP contribution in [0.2, 0.25) is 0 Å². The standard InChI is InChI=1S/C11H12ClN3O3S3/c1-8(16)14-15-13-6-11(20-15)19-7-9-2-4-10(5-3-9)21(12,17)18/h2-6,13H,7H2,1H3,(H,14,16). The number of nitrogens with zero attached hydrogens (tertiary/aromatic N) is 1. The molecule has 0 spiro atoms. The number of nitrogens with one attached hydrogen (secondary N) is 2. The third-order valence-electron chi connectivity index (χ3n) is 2.33. The number of carbonyl (C=O) groups excluding carboxylic acids is 1. The van der Waals surface area contributed by atoms with E-state index in [1.54, 1.807) is 30.1 Å². The molecule has 0 aromatic heterocycles. The zero-order valence-corrected chi connectivity index (χ0v) is 14.1. The van der Waals surface area contributed by atoms with Crippen LogP contribution in [0, 0.1) is 0 Å². The highest BCUT2D eigenvalue weighted by molar-refractivity contribution is 8.21. The van der Waals surface area contributed by atoms with Crippen LogP contribution in [0.5, 0.6) is 0 Å². The Morgan fingerprint density at radius 3 is 2.67 bits per heavy atom. The normalized spacial score (nSPS) is 15.4. The second kappa shape index (κ2) is 6.93. The zero-order chi connectivity index (χ0) is 15.5. The van der Waals surface area contributed by atoms with Crippen molar-refractivity contribution in [2.75, 3.05) is 0 Å². The molecular weight excluding hydrogens is 354 g/mol. The Balaban J connectivity index is 1.86. The molecule has 1 aliphatic rings. The lowest BCUT2D eigenvalue weighted by Gasteiger charge is -2.13. The van der Waals surface area contributed by atoms with Crippen LogP contribution in [0.4, 0.5) is 0 Å². The summed E-state index contributed by atoms with van der Waals surface area (Å²) in [6, 6.07) is 6.41. The molecule has 2 rings (SSSR count). The zero-order valence-electron chi connectivity index (χ0n) is 10.9. The maximum absolute atomic E-state index is 11.1. The smallest absolute Gasteiger partial charge is 0.261 e. The fourth-order valence-corrected chi connectivity index (χ4v) is 4.01. The molecule has 1 aliphatic heterocycles. The van der Waals surface area contributed by atoms with E-state index in [9.17, 15) is 13.2 Å². The van der Waals surface area contributed by atoms with Crippen molar-refractivity contribution in [2.24, 2.45) is 0 Å². The maximum Gasteiger partial charge on any atom is 0.261 e. The third kappa shape index (κ3) is 5.11. The highest BCUT2D eigenvalue weighted by atomic mass is 35.7. The van der Waals surface area contributed by atoms with Crippen molar-refractivity contribution < 1.29 is 13.2 Å². The molecule has 1 heterocycles. The van der Waals surface area contributed by atoms with Crippen LogP contribution in [0.25, 0.3) is 0 Å². The predicted molar refractivity (Wildman–Crippen MR) is 85.2 cm³/mol. The highest BCUT2D eigenvalue weighted by Gasteiger charge is 2.16. The molecule has 0 radical (unpaired) electrons. The molecule has 0 fully saturated rings. The van der Waals surface area contributed by atoms with Crippen LogP contribution in [-0.2, 0) is 19.6 Å². The minimum absolute atomic E-state index is 0.0888. The second-order valence-electron chi connectivity index (χ2n) is 4.02. The van der Waals surface area contributed by atoms with Crippen LogP contribution in [-0.4, -0.2) is 18.8 Å². The average Bonchev–Trinajstić information content (AvgIpc) is 2.82. The van der Waals surface area contributed by atoms with Crippen molar-refractivity contribution in [3.63, 3.8) is 0 Å². The second-order valence-corrected chi connectivity index (χ2v) is 8.85. The molecule has 114 valence electrons. The lowest BCUT2D eigenvalue weighted by Crippen LogP contribution is -2.40. The van der Waals surface area contributed by atoms with Gasteiger partial charge in [0.1, 0.15) is 0 Å². The lowest BCUT2D eigenvalue weighted by atomic mass is 10.2. The van der Waals surface area contributed by atoms with E-state index in [0.717, 1.165) is 9.80 Å². The Labute approximate surface area is 135 Å². The predicted octanol–water partition coefficient (Wildman–Crippen LogP) is 2.17. The Hall–Kier alpha value is -0.870. The molecule has 1 aromatic carbocycles. The number of halogens is 1. The van der Waals surface area contributed by atoms with Gasteiger partial charge >= 0.3 is 0 Å². The van der Waals surface area contributed by atoms with Crippen molar-refractivity contribution in [1.82, 2.24) is 15.4 Å². The van der Waals surface area contributed by atoms with Gasteiger partial charge in [0.2, 0.25) is 5.91 Å². The summed E-state index contributed by atoms with van der Waals surface area (Å²) < 4.78 is 24.8. The number of hydrogen-bond acceptors (Lipinski definition) is 7. The monoisotopic (exact) mass is 365 g/mol. The van der Waals surface area contributed by atoms with Crippen molar-refractivity contribution in [1.29, 1.82) is 0 Å². The first-order valence-corrected chi connectivity index (χ1v) is 9.79. The molecule has 6 nitrogen and oxygen atoms in total. The van der Waals surface area contributed by atoms with Gasteiger partial charge < -0.3 is 0 Å². The van der Waals surface area contributed by atoms with E-state index >= 15 is 0 Å². The van der Waals surface area contributed by atoms with Gasteiger partial charge in [-0.05, 0) is 17.7 Å². The average molecular weight is 366 g/mol. The first-order chi connectivity index (χ1) is 9.84. The molecule has 1 aromatic rings. The van der Waals surface area contributed by atoms with E-state index in [0.29, 0.717) is 5.75 Å². The summed E-state index contributed by atoms with van der Waals surface area (Å²) in [5, 5.41) is 0. The fraction of sp³-hybridized carbons (Fsp3) is 0.182. The van der Waals surface area contributed by atoms with E-state index in [1.165, 1.54) is 35.5 Å².